The van der Waals surface area contributed by atoms with E-state index in [1.54, 1.807) is 17.5 Å². The molecule has 0 amide bonds. The van der Waals surface area contributed by atoms with Gasteiger partial charge in [-0.1, -0.05) is 24.3 Å². The third-order valence-corrected chi connectivity index (χ3v) is 5.37. The number of para-hydroxylation sites is 1. The van der Waals surface area contributed by atoms with E-state index in [9.17, 15) is 0 Å². The fourth-order valence-electron chi connectivity index (χ4n) is 2.90. The SMILES string of the molecule is C[C@@H](NCc1cn(-c2ccccc2)nc1-c1cccnc1)c1cccs1. The monoisotopic (exact) mass is 360 g/mol. The second kappa shape index (κ2) is 7.64. The second-order valence-electron chi connectivity index (χ2n) is 6.14. The van der Waals surface area contributed by atoms with Crippen LogP contribution in [-0.2, 0) is 6.54 Å². The lowest BCUT2D eigenvalue weighted by Crippen LogP contribution is -2.17. The number of rotatable bonds is 6. The molecule has 5 heteroatoms. The van der Waals surface area contributed by atoms with Crippen LogP contribution in [0.2, 0.25) is 0 Å². The van der Waals surface area contributed by atoms with E-state index in [1.807, 2.05) is 35.1 Å². The highest BCUT2D eigenvalue weighted by Crippen LogP contribution is 2.24. The summed E-state index contributed by atoms with van der Waals surface area (Å²) in [6.45, 7) is 2.94. The number of hydrogen-bond donors (Lipinski definition) is 1. The van der Waals surface area contributed by atoms with E-state index >= 15 is 0 Å². The standard InChI is InChI=1S/C21H20N4S/c1-16(20-10-6-12-26-20)23-14-18-15-25(19-8-3-2-4-9-19)24-21(18)17-7-5-11-22-13-17/h2-13,15-16,23H,14H2,1H3/t16-/m1/s1. The molecule has 4 aromatic rings. The van der Waals surface area contributed by atoms with Gasteiger partial charge < -0.3 is 5.32 Å². The van der Waals surface area contributed by atoms with Crippen molar-refractivity contribution in [3.8, 4) is 16.9 Å². The average Bonchev–Trinajstić information content (AvgIpc) is 3.38. The number of hydrogen-bond acceptors (Lipinski definition) is 4. The quantitative estimate of drug-likeness (QED) is 0.535. The highest BCUT2D eigenvalue weighted by atomic mass is 32.1. The molecule has 4 nitrogen and oxygen atoms in total. The van der Waals surface area contributed by atoms with Crippen LogP contribution in [0.25, 0.3) is 16.9 Å². The minimum Gasteiger partial charge on any atom is -0.305 e. The van der Waals surface area contributed by atoms with Crippen LogP contribution in [-0.4, -0.2) is 14.8 Å². The topological polar surface area (TPSA) is 42.7 Å². The summed E-state index contributed by atoms with van der Waals surface area (Å²) in [5, 5.41) is 10.6. The summed E-state index contributed by atoms with van der Waals surface area (Å²) in [7, 11) is 0. The normalized spacial score (nSPS) is 12.2. The van der Waals surface area contributed by atoms with Gasteiger partial charge in [-0.2, -0.15) is 5.10 Å². The molecule has 26 heavy (non-hydrogen) atoms. The summed E-state index contributed by atoms with van der Waals surface area (Å²) in [5.41, 5.74) is 4.20. The molecule has 0 spiro atoms. The first-order chi connectivity index (χ1) is 12.8. The third-order valence-electron chi connectivity index (χ3n) is 4.31. The number of pyridine rings is 1. The highest BCUT2D eigenvalue weighted by Gasteiger charge is 2.14. The lowest BCUT2D eigenvalue weighted by Gasteiger charge is -2.11. The number of nitrogens with one attached hydrogen (secondary N) is 1. The van der Waals surface area contributed by atoms with Gasteiger partial charge in [-0.05, 0) is 42.6 Å². The van der Waals surface area contributed by atoms with Gasteiger partial charge in [-0.15, -0.1) is 11.3 Å². The van der Waals surface area contributed by atoms with Crippen LogP contribution in [0.4, 0.5) is 0 Å². The number of nitrogens with zero attached hydrogens (tertiary/aromatic N) is 3. The molecule has 0 aliphatic heterocycles. The van der Waals surface area contributed by atoms with Gasteiger partial charge in [0.05, 0.1) is 11.4 Å². The van der Waals surface area contributed by atoms with Crippen LogP contribution in [0.5, 0.6) is 0 Å². The van der Waals surface area contributed by atoms with E-state index in [2.05, 4.69) is 59.1 Å². The van der Waals surface area contributed by atoms with Crippen LogP contribution < -0.4 is 5.32 Å². The van der Waals surface area contributed by atoms with Crippen molar-refractivity contribution < 1.29 is 0 Å². The Morgan fingerprint density at radius 2 is 1.96 bits per heavy atom. The molecule has 3 heterocycles. The Bertz CT molecular complexity index is 946. The summed E-state index contributed by atoms with van der Waals surface area (Å²) >= 11 is 1.78. The van der Waals surface area contributed by atoms with E-state index in [-0.39, 0.29) is 0 Å². The van der Waals surface area contributed by atoms with E-state index < -0.39 is 0 Å². The maximum atomic E-state index is 4.83. The molecule has 0 saturated heterocycles. The lowest BCUT2D eigenvalue weighted by atomic mass is 10.1. The second-order valence-corrected chi connectivity index (χ2v) is 7.12. The van der Waals surface area contributed by atoms with Gasteiger partial charge in [0.1, 0.15) is 0 Å². The first-order valence-corrected chi connectivity index (χ1v) is 9.50. The van der Waals surface area contributed by atoms with Gasteiger partial charge in [0, 0.05) is 47.2 Å². The van der Waals surface area contributed by atoms with Crippen LogP contribution >= 0.6 is 11.3 Å². The Morgan fingerprint density at radius 1 is 1.08 bits per heavy atom. The predicted molar refractivity (Wildman–Crippen MR) is 106 cm³/mol. The van der Waals surface area contributed by atoms with Crippen molar-refractivity contribution in [3.63, 3.8) is 0 Å². The van der Waals surface area contributed by atoms with E-state index in [0.29, 0.717) is 6.04 Å². The summed E-state index contributed by atoms with van der Waals surface area (Å²) < 4.78 is 1.94. The smallest absolute Gasteiger partial charge is 0.0988 e. The molecule has 130 valence electrons. The first kappa shape index (κ1) is 16.7. The van der Waals surface area contributed by atoms with Crippen LogP contribution in [0.15, 0.2) is 78.6 Å². The summed E-state index contributed by atoms with van der Waals surface area (Å²) in [6, 6.07) is 18.7. The maximum absolute atomic E-state index is 4.83. The molecule has 4 rings (SSSR count). The van der Waals surface area contributed by atoms with Gasteiger partial charge in [0.15, 0.2) is 0 Å². The van der Waals surface area contributed by atoms with Gasteiger partial charge in [0.2, 0.25) is 0 Å². The van der Waals surface area contributed by atoms with Crippen molar-refractivity contribution >= 4 is 11.3 Å². The van der Waals surface area contributed by atoms with E-state index in [4.69, 9.17) is 5.10 Å². The molecule has 0 saturated carbocycles. The number of thiophene rings is 1. The van der Waals surface area contributed by atoms with E-state index in [0.717, 1.165) is 29.1 Å². The van der Waals surface area contributed by atoms with Crippen molar-refractivity contribution in [1.29, 1.82) is 0 Å². The molecule has 0 radical (unpaired) electrons. The van der Waals surface area contributed by atoms with Crippen molar-refractivity contribution in [2.24, 2.45) is 0 Å². The Balaban J connectivity index is 1.64. The Morgan fingerprint density at radius 3 is 2.69 bits per heavy atom. The zero-order chi connectivity index (χ0) is 17.8. The molecule has 0 fully saturated rings. The predicted octanol–water partition coefficient (Wildman–Crippen LogP) is 4.85. The number of aromatic nitrogens is 3. The molecule has 0 unspecified atom stereocenters. The fraction of sp³-hybridized carbons (Fsp3) is 0.143. The average molecular weight is 360 g/mol. The van der Waals surface area contributed by atoms with Gasteiger partial charge in [0.25, 0.3) is 0 Å². The summed E-state index contributed by atoms with van der Waals surface area (Å²) in [6.07, 6.45) is 5.75. The van der Waals surface area contributed by atoms with E-state index in [1.165, 1.54) is 4.88 Å². The zero-order valence-electron chi connectivity index (χ0n) is 14.5. The van der Waals surface area contributed by atoms with Crippen molar-refractivity contribution in [2.45, 2.75) is 19.5 Å². The largest absolute Gasteiger partial charge is 0.305 e. The van der Waals surface area contributed by atoms with Crippen molar-refractivity contribution in [2.75, 3.05) is 0 Å². The Labute approximate surface area is 157 Å². The van der Waals surface area contributed by atoms with Crippen LogP contribution in [0.3, 0.4) is 0 Å². The molecule has 1 atom stereocenters. The lowest BCUT2D eigenvalue weighted by molar-refractivity contribution is 0.583. The maximum Gasteiger partial charge on any atom is 0.0988 e. The minimum absolute atomic E-state index is 0.303. The Hall–Kier alpha value is -2.76. The Kier molecular flexibility index (Phi) is 4.91. The zero-order valence-corrected chi connectivity index (χ0v) is 15.4. The third kappa shape index (κ3) is 3.59. The molecule has 1 aromatic carbocycles. The van der Waals surface area contributed by atoms with Crippen molar-refractivity contribution in [1.82, 2.24) is 20.1 Å². The van der Waals surface area contributed by atoms with Crippen molar-refractivity contribution in [3.05, 3.63) is 89.0 Å². The molecule has 3 aromatic heterocycles. The molecule has 1 N–H and O–H groups in total. The fourth-order valence-corrected chi connectivity index (χ4v) is 3.66. The summed E-state index contributed by atoms with van der Waals surface area (Å²) in [4.78, 5) is 5.59. The molecule has 0 aliphatic carbocycles. The van der Waals surface area contributed by atoms with Gasteiger partial charge >= 0.3 is 0 Å². The van der Waals surface area contributed by atoms with Gasteiger partial charge in [-0.25, -0.2) is 4.68 Å². The highest BCUT2D eigenvalue weighted by molar-refractivity contribution is 7.10. The number of benzene rings is 1. The van der Waals surface area contributed by atoms with Crippen LogP contribution in [0, 0.1) is 0 Å². The summed E-state index contributed by atoms with van der Waals surface area (Å²) in [5.74, 6) is 0. The molecule has 0 aliphatic rings. The van der Waals surface area contributed by atoms with Gasteiger partial charge in [-0.3, -0.25) is 4.98 Å². The molecular weight excluding hydrogens is 340 g/mol. The molecule has 0 bridgehead atoms. The minimum atomic E-state index is 0.303. The first-order valence-electron chi connectivity index (χ1n) is 8.62. The van der Waals surface area contributed by atoms with Crippen LogP contribution in [0.1, 0.15) is 23.4 Å². The molecular formula is C21H20N4S.